The summed E-state index contributed by atoms with van der Waals surface area (Å²) in [4.78, 5) is 32.4. The number of aromatic nitrogens is 3. The first-order valence-corrected chi connectivity index (χ1v) is 15.9. The zero-order valence-corrected chi connectivity index (χ0v) is 26.5. The molecule has 2 aliphatic heterocycles. The van der Waals surface area contributed by atoms with E-state index in [2.05, 4.69) is 35.3 Å². The van der Waals surface area contributed by atoms with E-state index in [1.165, 1.54) is 0 Å². The van der Waals surface area contributed by atoms with Crippen LogP contribution in [0.25, 0.3) is 11.3 Å². The summed E-state index contributed by atoms with van der Waals surface area (Å²) in [6.45, 7) is 7.91. The van der Waals surface area contributed by atoms with Crippen LogP contribution in [0.2, 0.25) is 10.0 Å². The van der Waals surface area contributed by atoms with Crippen LogP contribution in [0, 0.1) is 5.92 Å². The number of ether oxygens (including phenoxy) is 1. The number of pyridine rings is 1. The van der Waals surface area contributed by atoms with Crippen molar-refractivity contribution in [2.45, 2.75) is 25.8 Å². The van der Waals surface area contributed by atoms with Gasteiger partial charge < -0.3 is 25.4 Å². The van der Waals surface area contributed by atoms with E-state index in [0.29, 0.717) is 45.8 Å². The Bertz CT molecular complexity index is 1360. The number of nitrogens with one attached hydrogen (secondary N) is 2. The monoisotopic (exact) mass is 642 g/mol. The zero-order chi connectivity index (χ0) is 30.9. The molecule has 0 atom stereocenters. The number of anilines is 1. The largest absolute Gasteiger partial charge is 0.436 e. The highest BCUT2D eigenvalue weighted by Gasteiger charge is 2.21. The summed E-state index contributed by atoms with van der Waals surface area (Å²) in [5, 5.41) is 15.7. The van der Waals surface area contributed by atoms with Crippen LogP contribution in [0.3, 0.4) is 0 Å². The van der Waals surface area contributed by atoms with Gasteiger partial charge in [0.1, 0.15) is 0 Å². The van der Waals surface area contributed by atoms with Crippen molar-refractivity contribution >= 4 is 35.2 Å². The molecule has 2 fully saturated rings. The van der Waals surface area contributed by atoms with Crippen molar-refractivity contribution in [2.75, 3.05) is 70.9 Å². The minimum atomic E-state index is -0.140. The number of carbonyl (C=O) groups is 1. The van der Waals surface area contributed by atoms with E-state index in [4.69, 9.17) is 38.0 Å². The van der Waals surface area contributed by atoms with Gasteiger partial charge >= 0.3 is 6.03 Å². The number of nitrogens with zero attached hydrogens (tertiary/aromatic N) is 6. The third-order valence-electron chi connectivity index (χ3n) is 8.04. The molecule has 13 heteroatoms. The molecule has 3 aromatic rings. The third kappa shape index (κ3) is 9.15. The van der Waals surface area contributed by atoms with Crippen molar-refractivity contribution in [2.24, 2.45) is 5.92 Å². The van der Waals surface area contributed by atoms with Crippen molar-refractivity contribution in [3.05, 3.63) is 58.3 Å². The predicted octanol–water partition coefficient (Wildman–Crippen LogP) is 4.28. The molecule has 2 saturated heterocycles. The highest BCUT2D eigenvalue weighted by molar-refractivity contribution is 6.35. The van der Waals surface area contributed by atoms with Crippen LogP contribution in [-0.2, 0) is 6.54 Å². The maximum Gasteiger partial charge on any atom is 0.314 e. The number of aliphatic hydroxyl groups excluding tert-OH is 1. The first-order valence-electron chi connectivity index (χ1n) is 15.1. The predicted molar refractivity (Wildman–Crippen MR) is 173 cm³/mol. The summed E-state index contributed by atoms with van der Waals surface area (Å²) < 4.78 is 6.20. The van der Waals surface area contributed by atoms with Crippen LogP contribution in [0.4, 0.5) is 10.7 Å². The molecule has 0 bridgehead atoms. The number of likely N-dealkylation sites (tertiary alicyclic amines) is 1. The van der Waals surface area contributed by atoms with Gasteiger partial charge in [-0.2, -0.15) is 0 Å². The van der Waals surface area contributed by atoms with Gasteiger partial charge in [0.25, 0.3) is 0 Å². The molecule has 2 aliphatic rings. The van der Waals surface area contributed by atoms with Crippen LogP contribution in [0.15, 0.2) is 42.7 Å². The van der Waals surface area contributed by atoms with Gasteiger partial charge in [-0.15, -0.1) is 0 Å². The summed E-state index contributed by atoms with van der Waals surface area (Å²) in [5.41, 5.74) is 2.57. The molecule has 2 aromatic heterocycles. The quantitative estimate of drug-likeness (QED) is 0.281. The fourth-order valence-electron chi connectivity index (χ4n) is 5.60. The molecule has 0 aliphatic carbocycles. The number of piperidine rings is 1. The number of carbonyl (C=O) groups excluding carboxylic acids is 1. The van der Waals surface area contributed by atoms with Gasteiger partial charge in [-0.25, -0.2) is 19.7 Å². The first-order chi connectivity index (χ1) is 21.4. The lowest BCUT2D eigenvalue weighted by Gasteiger charge is -2.34. The van der Waals surface area contributed by atoms with Gasteiger partial charge in [0.2, 0.25) is 11.8 Å². The third-order valence-corrected chi connectivity index (χ3v) is 8.47. The molecule has 44 heavy (non-hydrogen) atoms. The van der Waals surface area contributed by atoms with Crippen molar-refractivity contribution in [1.29, 1.82) is 0 Å². The topological polar surface area (TPSA) is 119 Å². The number of aliphatic hydroxyl groups is 1. The Hall–Kier alpha value is -3.22. The standard InChI is InChI=1S/C31H40Cl2N8O3/c1-34-31(43)37-18-22-3-6-40(7-4-22)21-23-13-28(24-15-25(32)17-26(33)16-24)38-29(14-23)44-27-19-35-30(36-20-27)41-10-8-39(9-11-41)5-2-12-42/h13-17,19-20,22,42H,2-12,18,21H2,1H3,(H2,34,37,43). The Kier molecular flexibility index (Phi) is 11.5. The average molecular weight is 644 g/mol. The number of amides is 2. The molecule has 0 unspecified atom stereocenters. The molecule has 3 N–H and O–H groups in total. The number of hydrogen-bond donors (Lipinski definition) is 3. The van der Waals surface area contributed by atoms with Crippen molar-refractivity contribution in [1.82, 2.24) is 35.4 Å². The van der Waals surface area contributed by atoms with Gasteiger partial charge in [0, 0.05) is 81.1 Å². The second-order valence-corrected chi connectivity index (χ2v) is 12.1. The normalized spacial score (nSPS) is 16.6. The number of hydrogen-bond acceptors (Lipinski definition) is 9. The molecule has 236 valence electrons. The fourth-order valence-corrected chi connectivity index (χ4v) is 6.12. The van der Waals surface area contributed by atoms with Gasteiger partial charge in [-0.3, -0.25) is 9.80 Å². The van der Waals surface area contributed by atoms with Crippen molar-refractivity contribution in [3.8, 4) is 22.9 Å². The number of piperazine rings is 1. The number of rotatable bonds is 11. The lowest BCUT2D eigenvalue weighted by atomic mass is 9.96. The van der Waals surface area contributed by atoms with E-state index in [0.717, 1.165) is 82.7 Å². The van der Waals surface area contributed by atoms with E-state index in [-0.39, 0.29) is 12.6 Å². The second-order valence-electron chi connectivity index (χ2n) is 11.3. The van der Waals surface area contributed by atoms with Crippen LogP contribution >= 0.6 is 23.2 Å². The van der Waals surface area contributed by atoms with Crippen LogP contribution < -0.4 is 20.3 Å². The molecule has 5 rings (SSSR count). The molecule has 4 heterocycles. The molecular formula is C31H40Cl2N8O3. The molecule has 0 radical (unpaired) electrons. The number of halogens is 2. The SMILES string of the molecule is CNC(=O)NCC1CCN(Cc2cc(Oc3cnc(N4CCN(CCCO)CC4)nc3)nc(-c3cc(Cl)cc(Cl)c3)c2)CC1. The first kappa shape index (κ1) is 32.2. The Balaban J connectivity index is 1.27. The van der Waals surface area contributed by atoms with Gasteiger partial charge in [0.05, 0.1) is 18.1 Å². The summed E-state index contributed by atoms with van der Waals surface area (Å²) >= 11 is 12.7. The van der Waals surface area contributed by atoms with Gasteiger partial charge in [0.15, 0.2) is 5.75 Å². The Morgan fingerprint density at radius 3 is 2.34 bits per heavy atom. The zero-order valence-electron chi connectivity index (χ0n) is 25.0. The molecule has 2 amide bonds. The van der Waals surface area contributed by atoms with E-state index in [1.54, 1.807) is 25.5 Å². The fraction of sp³-hybridized carbons (Fsp3) is 0.484. The minimum absolute atomic E-state index is 0.140. The highest BCUT2D eigenvalue weighted by atomic mass is 35.5. The minimum Gasteiger partial charge on any atom is -0.436 e. The Morgan fingerprint density at radius 1 is 0.977 bits per heavy atom. The van der Waals surface area contributed by atoms with Crippen LogP contribution in [0.1, 0.15) is 24.8 Å². The van der Waals surface area contributed by atoms with Gasteiger partial charge in [-0.05, 0) is 68.1 Å². The lowest BCUT2D eigenvalue weighted by molar-refractivity contribution is 0.175. The average Bonchev–Trinajstić information content (AvgIpc) is 3.03. The summed E-state index contributed by atoms with van der Waals surface area (Å²) in [5.74, 6) is 2.07. The molecule has 11 nitrogen and oxygen atoms in total. The summed E-state index contributed by atoms with van der Waals surface area (Å²) in [7, 11) is 1.63. The lowest BCUT2D eigenvalue weighted by Crippen LogP contribution is -2.47. The maximum absolute atomic E-state index is 11.6. The molecular weight excluding hydrogens is 603 g/mol. The number of benzene rings is 1. The Labute approximate surface area is 268 Å². The summed E-state index contributed by atoms with van der Waals surface area (Å²) in [6.07, 6.45) is 6.18. The van der Waals surface area contributed by atoms with E-state index >= 15 is 0 Å². The van der Waals surface area contributed by atoms with Crippen molar-refractivity contribution < 1.29 is 14.6 Å². The van der Waals surface area contributed by atoms with E-state index in [1.807, 2.05) is 24.3 Å². The van der Waals surface area contributed by atoms with E-state index < -0.39 is 0 Å². The maximum atomic E-state index is 11.6. The summed E-state index contributed by atoms with van der Waals surface area (Å²) in [6, 6.07) is 9.25. The van der Waals surface area contributed by atoms with Gasteiger partial charge in [-0.1, -0.05) is 23.2 Å². The van der Waals surface area contributed by atoms with E-state index in [9.17, 15) is 4.79 Å². The molecule has 1 aromatic carbocycles. The number of urea groups is 1. The molecule has 0 spiro atoms. The second kappa shape index (κ2) is 15.7. The highest BCUT2D eigenvalue weighted by Crippen LogP contribution is 2.31. The van der Waals surface area contributed by atoms with Crippen molar-refractivity contribution in [3.63, 3.8) is 0 Å². The smallest absolute Gasteiger partial charge is 0.314 e. The van der Waals surface area contributed by atoms with Crippen LogP contribution in [-0.4, -0.2) is 102 Å². The molecule has 0 saturated carbocycles. The Morgan fingerprint density at radius 2 is 1.68 bits per heavy atom. The van der Waals surface area contributed by atoms with Crippen LogP contribution in [0.5, 0.6) is 11.6 Å².